The van der Waals surface area contributed by atoms with Crippen LogP contribution in [-0.2, 0) is 0 Å². The molecule has 0 radical (unpaired) electrons. The number of rotatable bonds is 3. The average Bonchev–Trinajstić information content (AvgIpc) is 2.80. The highest BCUT2D eigenvalue weighted by Crippen LogP contribution is 2.36. The predicted octanol–water partition coefficient (Wildman–Crippen LogP) is 6.14. The van der Waals surface area contributed by atoms with Gasteiger partial charge >= 0.3 is 0 Å². The van der Waals surface area contributed by atoms with Crippen LogP contribution in [0.15, 0.2) is 91.3 Å². The molecule has 2 aliphatic rings. The van der Waals surface area contributed by atoms with Gasteiger partial charge in [-0.2, -0.15) is 0 Å². The molecule has 5 rings (SSSR count). The first-order valence-corrected chi connectivity index (χ1v) is 10.1. The van der Waals surface area contributed by atoms with E-state index in [9.17, 15) is 0 Å². The summed E-state index contributed by atoms with van der Waals surface area (Å²) in [4.78, 5) is 2.24. The van der Waals surface area contributed by atoms with Gasteiger partial charge in [-0.1, -0.05) is 54.6 Å². The van der Waals surface area contributed by atoms with E-state index in [0.29, 0.717) is 13.2 Å². The van der Waals surface area contributed by atoms with Gasteiger partial charge in [-0.3, -0.25) is 0 Å². The van der Waals surface area contributed by atoms with Gasteiger partial charge in [0.1, 0.15) is 11.5 Å². The minimum atomic E-state index is 0.707. The lowest BCUT2D eigenvalue weighted by Gasteiger charge is -2.26. The first-order chi connectivity index (χ1) is 14.4. The highest BCUT2D eigenvalue weighted by molar-refractivity contribution is 5.78. The molecule has 0 amide bonds. The number of hydrogen-bond acceptors (Lipinski definition) is 3. The Morgan fingerprint density at radius 3 is 1.62 bits per heavy atom. The third kappa shape index (κ3) is 3.64. The summed E-state index contributed by atoms with van der Waals surface area (Å²) < 4.78 is 11.7. The van der Waals surface area contributed by atoms with Crippen LogP contribution in [0.1, 0.15) is 24.0 Å². The maximum Gasteiger partial charge on any atom is 0.126 e. The summed E-state index contributed by atoms with van der Waals surface area (Å²) in [6.07, 6.45) is 6.29. The third-order valence-corrected chi connectivity index (χ3v) is 5.37. The Balaban J connectivity index is 1.60. The van der Waals surface area contributed by atoms with E-state index in [-0.39, 0.29) is 0 Å². The summed E-state index contributed by atoms with van der Waals surface area (Å²) in [6, 6.07) is 27.1. The maximum atomic E-state index is 5.85. The van der Waals surface area contributed by atoms with Crippen molar-refractivity contribution in [2.75, 3.05) is 18.1 Å². The molecule has 2 heterocycles. The van der Waals surface area contributed by atoms with Gasteiger partial charge in [0, 0.05) is 42.1 Å². The smallest absolute Gasteiger partial charge is 0.126 e. The van der Waals surface area contributed by atoms with Crippen LogP contribution in [0.2, 0.25) is 0 Å². The van der Waals surface area contributed by atoms with Crippen molar-refractivity contribution in [3.05, 3.63) is 102 Å². The molecule has 0 aromatic heterocycles. The lowest BCUT2D eigenvalue weighted by molar-refractivity contribution is 0.316. The Bertz CT molecular complexity index is 1000. The zero-order chi connectivity index (χ0) is 19.5. The number of fused-ring (bicyclic) bond motifs is 2. The van der Waals surface area contributed by atoms with Gasteiger partial charge in [0.25, 0.3) is 0 Å². The maximum absolute atomic E-state index is 5.85. The molecule has 0 saturated heterocycles. The molecule has 0 bridgehead atoms. The highest BCUT2D eigenvalue weighted by Gasteiger charge is 2.18. The zero-order valence-corrected chi connectivity index (χ0v) is 16.3. The number of ether oxygens (including phenoxy) is 2. The van der Waals surface area contributed by atoms with Gasteiger partial charge in [-0.05, 0) is 35.4 Å². The van der Waals surface area contributed by atoms with E-state index in [0.717, 1.165) is 30.0 Å². The summed E-state index contributed by atoms with van der Waals surface area (Å²) in [5.41, 5.74) is 6.05. The summed E-state index contributed by atoms with van der Waals surface area (Å²) in [6.45, 7) is 1.41. The predicted molar refractivity (Wildman–Crippen MR) is 118 cm³/mol. The molecule has 2 aliphatic heterocycles. The molecule has 3 heteroatoms. The second-order valence-electron chi connectivity index (χ2n) is 7.24. The Labute approximate surface area is 171 Å². The van der Waals surface area contributed by atoms with E-state index >= 15 is 0 Å². The van der Waals surface area contributed by atoms with Crippen LogP contribution < -0.4 is 14.4 Å². The summed E-state index contributed by atoms with van der Waals surface area (Å²) in [7, 11) is 0. The van der Waals surface area contributed by atoms with Crippen LogP contribution in [0, 0.1) is 0 Å². The van der Waals surface area contributed by atoms with Crippen LogP contribution in [0.3, 0.4) is 0 Å². The fraction of sp³-hybridized carbons (Fsp3) is 0.154. The molecular weight excluding hydrogens is 358 g/mol. The van der Waals surface area contributed by atoms with Gasteiger partial charge in [-0.25, -0.2) is 0 Å². The van der Waals surface area contributed by atoms with Crippen molar-refractivity contribution >= 4 is 16.8 Å². The molecular formula is C26H23NO2. The average molecular weight is 381 g/mol. The van der Waals surface area contributed by atoms with E-state index in [1.54, 1.807) is 0 Å². The van der Waals surface area contributed by atoms with E-state index in [1.807, 2.05) is 24.3 Å². The zero-order valence-electron chi connectivity index (χ0n) is 16.3. The summed E-state index contributed by atoms with van der Waals surface area (Å²) in [5, 5.41) is 0. The number of hydrogen-bond donors (Lipinski definition) is 0. The lowest BCUT2D eigenvalue weighted by atomic mass is 9.99. The molecule has 3 nitrogen and oxygen atoms in total. The second kappa shape index (κ2) is 7.88. The molecule has 0 fully saturated rings. The molecule has 0 N–H and O–H groups in total. The lowest BCUT2D eigenvalue weighted by Crippen LogP contribution is -2.15. The number of benzene rings is 3. The van der Waals surface area contributed by atoms with Crippen LogP contribution in [-0.4, -0.2) is 13.2 Å². The highest BCUT2D eigenvalue weighted by atomic mass is 16.5. The van der Waals surface area contributed by atoms with Crippen LogP contribution >= 0.6 is 0 Å². The van der Waals surface area contributed by atoms with Crippen LogP contribution in [0.25, 0.3) is 11.1 Å². The van der Waals surface area contributed by atoms with Crippen molar-refractivity contribution in [3.8, 4) is 11.5 Å². The molecule has 0 unspecified atom stereocenters. The quantitative estimate of drug-likeness (QED) is 0.544. The largest absolute Gasteiger partial charge is 0.493 e. The van der Waals surface area contributed by atoms with Crippen molar-refractivity contribution in [2.45, 2.75) is 12.8 Å². The summed E-state index contributed by atoms with van der Waals surface area (Å²) >= 11 is 0. The Hall–Kier alpha value is -3.46. The molecule has 0 aliphatic carbocycles. The standard InChI is InChI=1S/C26H23NO2/c1-2-8-22(9-3-1)27(18-20-14-16-28-25-12-6-4-10-23(20)25)19-21-15-17-29-26-13-7-5-11-24(21)26/h1-13,18-19H,14-17H2/b20-18-,21-19+. The molecule has 0 saturated carbocycles. The van der Waals surface area contributed by atoms with Crippen LogP contribution in [0.4, 0.5) is 5.69 Å². The second-order valence-corrected chi connectivity index (χ2v) is 7.24. The minimum Gasteiger partial charge on any atom is -0.493 e. The molecule has 3 aromatic carbocycles. The first kappa shape index (κ1) is 17.6. The minimum absolute atomic E-state index is 0.707. The number of para-hydroxylation sites is 3. The normalized spacial score (nSPS) is 17.8. The Morgan fingerprint density at radius 1 is 0.586 bits per heavy atom. The van der Waals surface area contributed by atoms with Gasteiger partial charge < -0.3 is 14.4 Å². The number of anilines is 1. The summed E-state index contributed by atoms with van der Waals surface area (Å²) in [5.74, 6) is 1.92. The molecule has 29 heavy (non-hydrogen) atoms. The molecule has 0 spiro atoms. The van der Waals surface area contributed by atoms with Crippen molar-refractivity contribution < 1.29 is 9.47 Å². The third-order valence-electron chi connectivity index (χ3n) is 5.37. The van der Waals surface area contributed by atoms with E-state index in [2.05, 4.69) is 71.9 Å². The van der Waals surface area contributed by atoms with Crippen molar-refractivity contribution in [1.82, 2.24) is 0 Å². The Morgan fingerprint density at radius 2 is 1.07 bits per heavy atom. The van der Waals surface area contributed by atoms with Gasteiger partial charge in [0.2, 0.25) is 0 Å². The van der Waals surface area contributed by atoms with Crippen molar-refractivity contribution in [1.29, 1.82) is 0 Å². The van der Waals surface area contributed by atoms with E-state index < -0.39 is 0 Å². The monoisotopic (exact) mass is 381 g/mol. The van der Waals surface area contributed by atoms with Crippen molar-refractivity contribution in [3.63, 3.8) is 0 Å². The fourth-order valence-corrected chi connectivity index (χ4v) is 3.92. The topological polar surface area (TPSA) is 21.7 Å². The first-order valence-electron chi connectivity index (χ1n) is 10.1. The molecule has 144 valence electrons. The molecule has 3 aromatic rings. The van der Waals surface area contributed by atoms with E-state index in [1.165, 1.54) is 22.3 Å². The fourth-order valence-electron chi connectivity index (χ4n) is 3.92. The van der Waals surface area contributed by atoms with Gasteiger partial charge in [0.15, 0.2) is 0 Å². The van der Waals surface area contributed by atoms with Gasteiger partial charge in [-0.15, -0.1) is 0 Å². The van der Waals surface area contributed by atoms with E-state index in [4.69, 9.17) is 9.47 Å². The SMILES string of the molecule is C(=C1\CCOc2ccccc21)/N(/C=C1\CCOc2ccccc21)c1ccccc1. The Kier molecular flexibility index (Phi) is 4.79. The molecule has 0 atom stereocenters. The van der Waals surface area contributed by atoms with Crippen molar-refractivity contribution in [2.24, 2.45) is 0 Å². The van der Waals surface area contributed by atoms with Crippen LogP contribution in [0.5, 0.6) is 11.5 Å². The number of nitrogens with zero attached hydrogens (tertiary/aromatic N) is 1. The van der Waals surface area contributed by atoms with Gasteiger partial charge in [0.05, 0.1) is 13.2 Å².